The van der Waals surface area contributed by atoms with E-state index < -0.39 is 18.0 Å². The molecule has 0 spiro atoms. The van der Waals surface area contributed by atoms with Gasteiger partial charge in [-0.15, -0.1) is 13.2 Å². The standard InChI is InChI=1S/C29H29F3N2O3/c1-18(10-12-25-20(3)15-27(36-6)22(5)21(25)4)8-7-9-19(2)14-28(35)34-26-13-11-24(16-23(26)17-33)37-29(30,31)32/h7-16H,1-6H3,(H,34,35)/b9-7+,12-10+,18-8+,19-14+. The first kappa shape index (κ1) is 29.0. The fraction of sp³-hybridized carbons (Fsp3) is 0.241. The first-order chi connectivity index (χ1) is 17.3. The molecule has 0 saturated heterocycles. The normalized spacial score (nSPS) is 12.6. The number of nitrogens with one attached hydrogen (secondary N) is 1. The minimum atomic E-state index is -4.88. The second-order valence-corrected chi connectivity index (χ2v) is 8.41. The van der Waals surface area contributed by atoms with E-state index in [1.807, 2.05) is 45.1 Å². The Morgan fingerprint density at radius 3 is 2.38 bits per heavy atom. The van der Waals surface area contributed by atoms with Crippen LogP contribution in [0.4, 0.5) is 18.9 Å². The van der Waals surface area contributed by atoms with Crippen LogP contribution >= 0.6 is 0 Å². The maximum atomic E-state index is 12.4. The van der Waals surface area contributed by atoms with Gasteiger partial charge in [0.15, 0.2) is 0 Å². The fourth-order valence-electron chi connectivity index (χ4n) is 3.50. The molecule has 8 heteroatoms. The smallest absolute Gasteiger partial charge is 0.496 e. The van der Waals surface area contributed by atoms with E-state index in [2.05, 4.69) is 23.1 Å². The van der Waals surface area contributed by atoms with Gasteiger partial charge in [0.1, 0.15) is 17.6 Å². The van der Waals surface area contributed by atoms with Crippen LogP contribution in [0, 0.1) is 32.1 Å². The van der Waals surface area contributed by atoms with Gasteiger partial charge in [-0.3, -0.25) is 4.79 Å². The predicted octanol–water partition coefficient (Wildman–Crippen LogP) is 7.49. The summed E-state index contributed by atoms with van der Waals surface area (Å²) in [6.07, 6.45) is 5.97. The van der Waals surface area contributed by atoms with Crippen LogP contribution in [0.15, 0.2) is 65.8 Å². The summed E-state index contributed by atoms with van der Waals surface area (Å²) in [5, 5.41) is 11.7. The molecule has 0 aliphatic rings. The molecule has 0 heterocycles. The minimum Gasteiger partial charge on any atom is -0.496 e. The number of ether oxygens (including phenoxy) is 2. The molecule has 2 aromatic rings. The predicted molar refractivity (Wildman–Crippen MR) is 139 cm³/mol. The van der Waals surface area contributed by atoms with Crippen molar-refractivity contribution in [1.29, 1.82) is 5.26 Å². The molecule has 0 aromatic heterocycles. The van der Waals surface area contributed by atoms with Crippen LogP contribution in [0.1, 0.15) is 41.7 Å². The zero-order chi connectivity index (χ0) is 27.8. The van der Waals surface area contributed by atoms with Gasteiger partial charge in [-0.25, -0.2) is 0 Å². The molecule has 2 rings (SSSR count). The molecule has 0 aliphatic heterocycles. The number of carbonyl (C=O) groups excluding carboxylic acids is 1. The number of hydrogen-bond donors (Lipinski definition) is 1. The molecule has 0 bridgehead atoms. The number of amides is 1. The molecular weight excluding hydrogens is 481 g/mol. The lowest BCUT2D eigenvalue weighted by atomic mass is 9.96. The zero-order valence-electron chi connectivity index (χ0n) is 21.6. The summed E-state index contributed by atoms with van der Waals surface area (Å²) in [5.74, 6) is -0.199. The zero-order valence-corrected chi connectivity index (χ0v) is 21.6. The van der Waals surface area contributed by atoms with Gasteiger partial charge in [0.05, 0.1) is 18.4 Å². The Morgan fingerprint density at radius 2 is 1.76 bits per heavy atom. The summed E-state index contributed by atoms with van der Waals surface area (Å²) in [7, 11) is 1.66. The number of allylic oxidation sites excluding steroid dienone is 6. The molecule has 0 radical (unpaired) electrons. The maximum absolute atomic E-state index is 12.4. The molecule has 0 saturated carbocycles. The maximum Gasteiger partial charge on any atom is 0.573 e. The Bertz CT molecular complexity index is 1330. The molecule has 0 aliphatic carbocycles. The van der Waals surface area contributed by atoms with E-state index in [0.717, 1.165) is 45.7 Å². The molecule has 37 heavy (non-hydrogen) atoms. The molecule has 194 valence electrons. The number of halogens is 3. The number of rotatable bonds is 8. The van der Waals surface area contributed by atoms with Crippen molar-refractivity contribution in [2.45, 2.75) is 41.0 Å². The Balaban J connectivity index is 2.07. The summed E-state index contributed by atoms with van der Waals surface area (Å²) < 4.78 is 46.3. The van der Waals surface area contributed by atoms with Crippen LogP contribution in [-0.2, 0) is 4.79 Å². The topological polar surface area (TPSA) is 71.3 Å². The van der Waals surface area contributed by atoms with Gasteiger partial charge in [0.2, 0.25) is 5.91 Å². The van der Waals surface area contributed by atoms with Crippen LogP contribution in [0.2, 0.25) is 0 Å². The summed E-state index contributed by atoms with van der Waals surface area (Å²) in [6.45, 7) is 9.82. The molecule has 5 nitrogen and oxygen atoms in total. The van der Waals surface area contributed by atoms with E-state index in [9.17, 15) is 23.2 Å². The van der Waals surface area contributed by atoms with E-state index >= 15 is 0 Å². The average molecular weight is 511 g/mol. The highest BCUT2D eigenvalue weighted by molar-refractivity contribution is 6.00. The number of hydrogen-bond acceptors (Lipinski definition) is 4. The summed E-state index contributed by atoms with van der Waals surface area (Å²) in [4.78, 5) is 12.3. The third-order valence-corrected chi connectivity index (χ3v) is 5.52. The minimum absolute atomic E-state index is 0.0790. The van der Waals surface area contributed by atoms with Crippen LogP contribution in [0.5, 0.6) is 11.5 Å². The van der Waals surface area contributed by atoms with Gasteiger partial charge in [0, 0.05) is 12.1 Å². The van der Waals surface area contributed by atoms with E-state index in [4.69, 9.17) is 4.74 Å². The Hall–Kier alpha value is -4.25. The quantitative estimate of drug-likeness (QED) is 0.295. The summed E-state index contributed by atoms with van der Waals surface area (Å²) >= 11 is 0. The van der Waals surface area contributed by atoms with Gasteiger partial charge < -0.3 is 14.8 Å². The lowest BCUT2D eigenvalue weighted by Crippen LogP contribution is -2.17. The Morgan fingerprint density at radius 1 is 1.05 bits per heavy atom. The fourth-order valence-corrected chi connectivity index (χ4v) is 3.50. The van der Waals surface area contributed by atoms with Crippen LogP contribution in [-0.4, -0.2) is 19.4 Å². The third kappa shape index (κ3) is 8.73. The van der Waals surface area contributed by atoms with Crippen molar-refractivity contribution in [3.63, 3.8) is 0 Å². The van der Waals surface area contributed by atoms with Crippen molar-refractivity contribution in [3.8, 4) is 17.6 Å². The first-order valence-corrected chi connectivity index (χ1v) is 11.3. The molecule has 1 amide bonds. The lowest BCUT2D eigenvalue weighted by molar-refractivity contribution is -0.274. The molecule has 0 unspecified atom stereocenters. The van der Waals surface area contributed by atoms with Crippen molar-refractivity contribution in [3.05, 3.63) is 93.6 Å². The number of alkyl halides is 3. The largest absolute Gasteiger partial charge is 0.573 e. The highest BCUT2D eigenvalue weighted by atomic mass is 19.4. The van der Waals surface area contributed by atoms with Gasteiger partial charge in [-0.05, 0) is 80.6 Å². The highest BCUT2D eigenvalue weighted by Crippen LogP contribution is 2.29. The number of nitriles is 1. The number of benzene rings is 2. The average Bonchev–Trinajstić information content (AvgIpc) is 2.81. The van der Waals surface area contributed by atoms with Crippen LogP contribution < -0.4 is 14.8 Å². The number of nitrogens with zero attached hydrogens (tertiary/aromatic N) is 1. The number of methoxy groups -OCH3 is 1. The van der Waals surface area contributed by atoms with Gasteiger partial charge in [-0.2, -0.15) is 5.26 Å². The van der Waals surface area contributed by atoms with Gasteiger partial charge in [-0.1, -0.05) is 36.0 Å². The van der Waals surface area contributed by atoms with E-state index in [0.29, 0.717) is 5.57 Å². The van der Waals surface area contributed by atoms with Crippen LogP contribution in [0.3, 0.4) is 0 Å². The number of anilines is 1. The second-order valence-electron chi connectivity index (χ2n) is 8.41. The van der Waals surface area contributed by atoms with Crippen molar-refractivity contribution in [2.24, 2.45) is 0 Å². The first-order valence-electron chi connectivity index (χ1n) is 11.3. The van der Waals surface area contributed by atoms with Crippen molar-refractivity contribution in [2.75, 3.05) is 12.4 Å². The number of carbonyl (C=O) groups is 1. The molecule has 0 atom stereocenters. The van der Waals surface area contributed by atoms with Gasteiger partial charge >= 0.3 is 6.36 Å². The van der Waals surface area contributed by atoms with Crippen molar-refractivity contribution >= 4 is 17.7 Å². The van der Waals surface area contributed by atoms with Crippen molar-refractivity contribution < 1.29 is 27.4 Å². The van der Waals surface area contributed by atoms with Crippen molar-refractivity contribution in [1.82, 2.24) is 0 Å². The van der Waals surface area contributed by atoms with E-state index in [1.165, 1.54) is 12.1 Å². The van der Waals surface area contributed by atoms with E-state index in [-0.39, 0.29) is 11.3 Å². The Kier molecular flexibility index (Phi) is 9.90. The third-order valence-electron chi connectivity index (χ3n) is 5.52. The summed E-state index contributed by atoms with van der Waals surface area (Å²) in [5.41, 5.74) is 6.07. The molecule has 0 fully saturated rings. The lowest BCUT2D eigenvalue weighted by Gasteiger charge is -2.13. The monoisotopic (exact) mass is 510 g/mol. The highest BCUT2D eigenvalue weighted by Gasteiger charge is 2.31. The second kappa shape index (κ2) is 12.6. The molecular formula is C29H29F3N2O3. The van der Waals surface area contributed by atoms with E-state index in [1.54, 1.807) is 26.2 Å². The molecule has 1 N–H and O–H groups in total. The molecule has 2 aromatic carbocycles. The van der Waals surface area contributed by atoms with Crippen LogP contribution in [0.25, 0.3) is 6.08 Å². The summed E-state index contributed by atoms with van der Waals surface area (Å²) in [6, 6.07) is 6.89. The SMILES string of the molecule is COc1cc(C)c(/C=C/C(C)=C/C=C/C(C)=C/C(=O)Nc2ccc(OC(F)(F)F)cc2C#N)c(C)c1C. The Labute approximate surface area is 215 Å². The number of aryl methyl sites for hydroxylation is 1. The van der Waals surface area contributed by atoms with Gasteiger partial charge in [0.25, 0.3) is 0 Å².